The van der Waals surface area contributed by atoms with Crippen molar-refractivity contribution in [1.82, 2.24) is 4.98 Å². The van der Waals surface area contributed by atoms with Crippen molar-refractivity contribution in [2.24, 2.45) is 0 Å². The molecule has 2 rings (SSSR count). The Balaban J connectivity index is 2.34. The Bertz CT molecular complexity index is 491. The first-order valence-electron chi connectivity index (χ1n) is 4.86. The molecular formula is C10H9BrN2O4. The number of pyridine rings is 1. The van der Waals surface area contributed by atoms with E-state index in [1.807, 2.05) is 0 Å². The third-order valence-corrected chi connectivity index (χ3v) is 3.01. The molecule has 1 atom stereocenters. The van der Waals surface area contributed by atoms with Crippen molar-refractivity contribution in [3.63, 3.8) is 0 Å². The Kier molecular flexibility index (Phi) is 3.12. The lowest BCUT2D eigenvalue weighted by molar-refractivity contribution is -0.117. The average molecular weight is 301 g/mol. The summed E-state index contributed by atoms with van der Waals surface area (Å²) in [4.78, 5) is 27.5. The zero-order chi connectivity index (χ0) is 12.6. The van der Waals surface area contributed by atoms with E-state index in [0.29, 0.717) is 10.3 Å². The molecule has 0 bridgehead atoms. The molecule has 2 heterocycles. The van der Waals surface area contributed by atoms with Gasteiger partial charge in [0.2, 0.25) is 5.91 Å². The highest BCUT2D eigenvalue weighted by atomic mass is 79.9. The van der Waals surface area contributed by atoms with E-state index in [1.54, 1.807) is 0 Å². The number of hydrogen-bond donors (Lipinski definition) is 2. The van der Waals surface area contributed by atoms with Gasteiger partial charge in [0.25, 0.3) is 0 Å². The van der Waals surface area contributed by atoms with Gasteiger partial charge >= 0.3 is 5.97 Å². The van der Waals surface area contributed by atoms with Crippen LogP contribution >= 0.6 is 15.9 Å². The molecule has 2 N–H and O–H groups in total. The minimum absolute atomic E-state index is 0.0350. The van der Waals surface area contributed by atoms with E-state index in [1.165, 1.54) is 17.2 Å². The van der Waals surface area contributed by atoms with Crippen LogP contribution in [-0.4, -0.2) is 39.7 Å². The van der Waals surface area contributed by atoms with E-state index in [4.69, 9.17) is 5.11 Å². The highest BCUT2D eigenvalue weighted by Gasteiger charge is 2.31. The Labute approximate surface area is 105 Å². The summed E-state index contributed by atoms with van der Waals surface area (Å²) in [5.41, 5.74) is 0.0350. The van der Waals surface area contributed by atoms with Crippen LogP contribution in [0.4, 0.5) is 5.82 Å². The summed E-state index contributed by atoms with van der Waals surface area (Å²) in [6, 6.07) is 1.38. The topological polar surface area (TPSA) is 90.7 Å². The van der Waals surface area contributed by atoms with Gasteiger partial charge in [-0.15, -0.1) is 0 Å². The predicted octanol–water partition coefficient (Wildman–Crippen LogP) is 0.640. The summed E-state index contributed by atoms with van der Waals surface area (Å²) in [6.45, 7) is 0.177. The van der Waals surface area contributed by atoms with Gasteiger partial charge < -0.3 is 10.2 Å². The number of hydrogen-bond acceptors (Lipinski definition) is 4. The highest BCUT2D eigenvalue weighted by molar-refractivity contribution is 9.10. The number of anilines is 1. The molecule has 0 radical (unpaired) electrons. The fourth-order valence-corrected chi connectivity index (χ4v) is 2.20. The second kappa shape index (κ2) is 4.42. The number of halogens is 1. The fourth-order valence-electron chi connectivity index (χ4n) is 1.64. The lowest BCUT2D eigenvalue weighted by atomic mass is 10.3. The molecule has 1 aliphatic rings. The van der Waals surface area contributed by atoms with Crippen LogP contribution in [0.1, 0.15) is 16.8 Å². The van der Waals surface area contributed by atoms with E-state index in [9.17, 15) is 14.7 Å². The average Bonchev–Trinajstić information content (AvgIpc) is 2.57. The lowest BCUT2D eigenvalue weighted by Gasteiger charge is -2.16. The SMILES string of the molecule is O=C(O)c1cnc(N2CC(O)CC2=O)c(Br)c1. The van der Waals surface area contributed by atoms with Crippen molar-refractivity contribution < 1.29 is 19.8 Å². The second-order valence-electron chi connectivity index (χ2n) is 3.70. The molecule has 6 nitrogen and oxygen atoms in total. The number of carbonyl (C=O) groups is 2. The van der Waals surface area contributed by atoms with Gasteiger partial charge in [-0.1, -0.05) is 0 Å². The van der Waals surface area contributed by atoms with Gasteiger partial charge in [0.05, 0.1) is 29.1 Å². The first kappa shape index (κ1) is 12.0. The first-order valence-corrected chi connectivity index (χ1v) is 5.65. The van der Waals surface area contributed by atoms with Gasteiger partial charge in [0.15, 0.2) is 0 Å². The summed E-state index contributed by atoms with van der Waals surface area (Å²) in [7, 11) is 0. The van der Waals surface area contributed by atoms with Crippen LogP contribution in [0.5, 0.6) is 0 Å². The summed E-state index contributed by atoms with van der Waals surface area (Å²) in [6.07, 6.45) is 0.546. The standard InChI is InChI=1S/C10H9BrN2O4/c11-7-1-5(10(16)17)3-12-9(7)13-4-6(14)2-8(13)15/h1,3,6,14H,2,4H2,(H,16,17). The smallest absolute Gasteiger partial charge is 0.337 e. The van der Waals surface area contributed by atoms with Gasteiger partial charge in [0, 0.05) is 6.20 Å². The molecule has 90 valence electrons. The number of carboxylic acids is 1. The predicted molar refractivity (Wildman–Crippen MR) is 61.9 cm³/mol. The fraction of sp³-hybridized carbons (Fsp3) is 0.300. The van der Waals surface area contributed by atoms with E-state index in [2.05, 4.69) is 20.9 Å². The minimum atomic E-state index is -1.09. The van der Waals surface area contributed by atoms with Crippen molar-refractivity contribution in [3.05, 3.63) is 22.3 Å². The number of nitrogens with zero attached hydrogens (tertiary/aromatic N) is 2. The monoisotopic (exact) mass is 300 g/mol. The van der Waals surface area contributed by atoms with Crippen LogP contribution in [-0.2, 0) is 4.79 Å². The third-order valence-electron chi connectivity index (χ3n) is 2.43. The van der Waals surface area contributed by atoms with Crippen LogP contribution < -0.4 is 4.90 Å². The minimum Gasteiger partial charge on any atom is -0.478 e. The number of aromatic carboxylic acids is 1. The van der Waals surface area contributed by atoms with E-state index >= 15 is 0 Å². The van der Waals surface area contributed by atoms with Crippen molar-refractivity contribution in [2.75, 3.05) is 11.4 Å². The molecule has 0 saturated carbocycles. The molecule has 0 aliphatic carbocycles. The highest BCUT2D eigenvalue weighted by Crippen LogP contribution is 2.28. The number of rotatable bonds is 2. The normalized spacial score (nSPS) is 19.8. The molecule has 1 amide bonds. The zero-order valence-corrected chi connectivity index (χ0v) is 10.2. The molecule has 1 fully saturated rings. The molecule has 7 heteroatoms. The van der Waals surface area contributed by atoms with Crippen molar-refractivity contribution >= 4 is 33.6 Å². The molecule has 1 aromatic rings. The van der Waals surface area contributed by atoms with Crippen LogP contribution in [0.2, 0.25) is 0 Å². The Morgan fingerprint density at radius 3 is 2.76 bits per heavy atom. The Hall–Kier alpha value is -1.47. The molecule has 17 heavy (non-hydrogen) atoms. The van der Waals surface area contributed by atoms with Crippen LogP contribution in [0.3, 0.4) is 0 Å². The van der Waals surface area contributed by atoms with E-state index in [-0.39, 0.29) is 24.4 Å². The Morgan fingerprint density at radius 1 is 1.59 bits per heavy atom. The van der Waals surface area contributed by atoms with Crippen molar-refractivity contribution in [2.45, 2.75) is 12.5 Å². The van der Waals surface area contributed by atoms with Crippen LogP contribution in [0.25, 0.3) is 0 Å². The van der Waals surface area contributed by atoms with Gasteiger partial charge in [0.1, 0.15) is 5.82 Å². The number of aliphatic hydroxyl groups is 1. The maximum Gasteiger partial charge on any atom is 0.337 e. The number of carbonyl (C=O) groups excluding carboxylic acids is 1. The molecular weight excluding hydrogens is 292 g/mol. The van der Waals surface area contributed by atoms with E-state index in [0.717, 1.165) is 0 Å². The molecule has 0 spiro atoms. The maximum absolute atomic E-state index is 11.5. The van der Waals surface area contributed by atoms with Crippen LogP contribution in [0.15, 0.2) is 16.7 Å². The first-order chi connectivity index (χ1) is 7.99. The molecule has 0 aromatic carbocycles. The van der Waals surface area contributed by atoms with Crippen molar-refractivity contribution in [1.29, 1.82) is 0 Å². The van der Waals surface area contributed by atoms with Gasteiger partial charge in [-0.3, -0.25) is 9.69 Å². The summed E-state index contributed by atoms with van der Waals surface area (Å²) >= 11 is 3.17. The molecule has 1 saturated heterocycles. The second-order valence-corrected chi connectivity index (χ2v) is 4.55. The molecule has 1 unspecified atom stereocenters. The van der Waals surface area contributed by atoms with Gasteiger partial charge in [-0.25, -0.2) is 9.78 Å². The van der Waals surface area contributed by atoms with E-state index < -0.39 is 12.1 Å². The summed E-state index contributed by atoms with van der Waals surface area (Å²) < 4.78 is 0.417. The van der Waals surface area contributed by atoms with Gasteiger partial charge in [-0.05, 0) is 22.0 Å². The molecule has 1 aliphatic heterocycles. The third kappa shape index (κ3) is 2.29. The number of aromatic nitrogens is 1. The summed E-state index contributed by atoms with van der Waals surface area (Å²) in [5, 5.41) is 18.1. The maximum atomic E-state index is 11.5. The number of carboxylic acid groups (broad SMARTS) is 1. The molecule has 1 aromatic heterocycles. The number of β-amino-alcohol motifs (C(OH)–C–C–N with tert-alkyl or cyclic N) is 1. The number of aliphatic hydroxyl groups excluding tert-OH is 1. The summed E-state index contributed by atoms with van der Waals surface area (Å²) in [5.74, 6) is -0.983. The van der Waals surface area contributed by atoms with Crippen molar-refractivity contribution in [3.8, 4) is 0 Å². The zero-order valence-electron chi connectivity index (χ0n) is 8.63. The Morgan fingerprint density at radius 2 is 2.29 bits per heavy atom. The van der Waals surface area contributed by atoms with Gasteiger partial charge in [-0.2, -0.15) is 0 Å². The van der Waals surface area contributed by atoms with Crippen LogP contribution in [0, 0.1) is 0 Å². The number of amides is 1. The quantitative estimate of drug-likeness (QED) is 0.836. The largest absolute Gasteiger partial charge is 0.478 e. The lowest BCUT2D eigenvalue weighted by Crippen LogP contribution is -2.26.